The second-order valence-electron chi connectivity index (χ2n) is 7.05. The molecule has 31 heavy (non-hydrogen) atoms. The number of nitrogens with one attached hydrogen (secondary N) is 1. The van der Waals surface area contributed by atoms with Crippen molar-refractivity contribution in [3.8, 4) is 16.9 Å². The fraction of sp³-hybridized carbons (Fsp3) is 0.120. The lowest BCUT2D eigenvalue weighted by Gasteiger charge is -2.12. The maximum Gasteiger partial charge on any atom is 0.258 e. The largest absolute Gasteiger partial charge is 0.482 e. The van der Waals surface area contributed by atoms with Crippen LogP contribution in [-0.2, 0) is 17.9 Å². The van der Waals surface area contributed by atoms with Crippen LogP contribution in [0.3, 0.4) is 0 Å². The average molecular weight is 432 g/mol. The summed E-state index contributed by atoms with van der Waals surface area (Å²) in [5, 5.41) is 7.65. The number of aromatic nitrogens is 2. The first-order valence-corrected chi connectivity index (χ1v) is 10.4. The van der Waals surface area contributed by atoms with Gasteiger partial charge in [0.15, 0.2) is 6.61 Å². The number of rotatable bonds is 8. The smallest absolute Gasteiger partial charge is 0.258 e. The van der Waals surface area contributed by atoms with Crippen molar-refractivity contribution in [1.82, 2.24) is 15.1 Å². The number of hydrogen-bond donors (Lipinski definition) is 1. The van der Waals surface area contributed by atoms with Gasteiger partial charge in [0.05, 0.1) is 11.6 Å². The van der Waals surface area contributed by atoms with Crippen molar-refractivity contribution < 1.29 is 9.53 Å². The van der Waals surface area contributed by atoms with Gasteiger partial charge in [-0.1, -0.05) is 72.3 Å². The van der Waals surface area contributed by atoms with E-state index >= 15 is 0 Å². The van der Waals surface area contributed by atoms with Crippen LogP contribution in [0.4, 0.5) is 0 Å². The predicted molar refractivity (Wildman–Crippen MR) is 122 cm³/mol. The van der Waals surface area contributed by atoms with Crippen molar-refractivity contribution in [2.75, 3.05) is 6.61 Å². The lowest BCUT2D eigenvalue weighted by molar-refractivity contribution is -0.123. The molecule has 4 aromatic rings. The average Bonchev–Trinajstić information content (AvgIpc) is 3.31. The van der Waals surface area contributed by atoms with Gasteiger partial charge in [-0.2, -0.15) is 5.10 Å². The number of carbonyl (C=O) groups is 1. The molecular weight excluding hydrogens is 410 g/mol. The number of carbonyl (C=O) groups excluding carboxylic acids is 1. The van der Waals surface area contributed by atoms with Crippen LogP contribution in [0.1, 0.15) is 11.1 Å². The number of ether oxygens (including phenoxy) is 1. The molecule has 0 fully saturated rings. The summed E-state index contributed by atoms with van der Waals surface area (Å²) in [5.41, 5.74) is 4.39. The van der Waals surface area contributed by atoms with Gasteiger partial charge >= 0.3 is 0 Å². The maximum absolute atomic E-state index is 12.3. The van der Waals surface area contributed by atoms with E-state index in [0.717, 1.165) is 23.2 Å². The molecule has 0 aliphatic carbocycles. The highest BCUT2D eigenvalue weighted by molar-refractivity contribution is 6.32. The normalized spacial score (nSPS) is 10.6. The first-order valence-electron chi connectivity index (χ1n) is 9.98. The number of hydrogen-bond acceptors (Lipinski definition) is 3. The van der Waals surface area contributed by atoms with E-state index in [-0.39, 0.29) is 12.5 Å². The molecule has 0 aliphatic heterocycles. The highest BCUT2D eigenvalue weighted by Crippen LogP contribution is 2.25. The standard InChI is InChI=1S/C25H22ClN3O2/c26-23-8-3-4-9-24(23)31-18-25(30)27-16-21-6-1-2-7-22(21)20-12-10-19(11-13-20)17-29-15-5-14-28-29/h1-15H,16-18H2,(H,27,30). The first kappa shape index (κ1) is 20.7. The summed E-state index contributed by atoms with van der Waals surface area (Å²) in [6.07, 6.45) is 3.72. The van der Waals surface area contributed by atoms with Crippen LogP contribution >= 0.6 is 11.6 Å². The number of para-hydroxylation sites is 1. The van der Waals surface area contributed by atoms with Crippen LogP contribution in [0.2, 0.25) is 5.02 Å². The van der Waals surface area contributed by atoms with E-state index in [9.17, 15) is 4.79 Å². The highest BCUT2D eigenvalue weighted by Gasteiger charge is 2.09. The van der Waals surface area contributed by atoms with Crippen molar-refractivity contribution >= 4 is 17.5 Å². The van der Waals surface area contributed by atoms with Gasteiger partial charge < -0.3 is 10.1 Å². The third-order valence-electron chi connectivity index (χ3n) is 4.86. The Labute approximate surface area is 186 Å². The predicted octanol–water partition coefficient (Wildman–Crippen LogP) is 4.95. The van der Waals surface area contributed by atoms with Crippen LogP contribution in [0.25, 0.3) is 11.1 Å². The Morgan fingerprint density at radius 3 is 2.52 bits per heavy atom. The zero-order valence-electron chi connectivity index (χ0n) is 16.9. The molecule has 1 aromatic heterocycles. The Bertz CT molecular complexity index is 1140. The molecule has 0 unspecified atom stereocenters. The molecule has 1 amide bonds. The van der Waals surface area contributed by atoms with Gasteiger partial charge in [-0.3, -0.25) is 9.48 Å². The Morgan fingerprint density at radius 2 is 1.74 bits per heavy atom. The molecule has 5 nitrogen and oxygen atoms in total. The summed E-state index contributed by atoms with van der Waals surface area (Å²) in [5.74, 6) is 0.291. The van der Waals surface area contributed by atoms with Crippen LogP contribution in [-0.4, -0.2) is 22.3 Å². The molecule has 1 heterocycles. The molecule has 0 bridgehead atoms. The highest BCUT2D eigenvalue weighted by atomic mass is 35.5. The van der Waals surface area contributed by atoms with Crippen molar-refractivity contribution in [3.05, 3.63) is 107 Å². The molecular formula is C25H22ClN3O2. The summed E-state index contributed by atoms with van der Waals surface area (Å²) < 4.78 is 7.40. The Hall–Kier alpha value is -3.57. The number of amides is 1. The van der Waals surface area contributed by atoms with Crippen molar-refractivity contribution in [2.24, 2.45) is 0 Å². The summed E-state index contributed by atoms with van der Waals surface area (Å²) >= 11 is 6.06. The van der Waals surface area contributed by atoms with E-state index in [1.165, 1.54) is 5.56 Å². The van der Waals surface area contributed by atoms with Gasteiger partial charge in [-0.15, -0.1) is 0 Å². The minimum absolute atomic E-state index is 0.0893. The van der Waals surface area contributed by atoms with E-state index in [0.29, 0.717) is 17.3 Å². The van der Waals surface area contributed by atoms with Crippen LogP contribution in [0.15, 0.2) is 91.3 Å². The Morgan fingerprint density at radius 1 is 0.968 bits per heavy atom. The maximum atomic E-state index is 12.3. The topological polar surface area (TPSA) is 56.1 Å². The SMILES string of the molecule is O=C(COc1ccccc1Cl)NCc1ccccc1-c1ccc(Cn2cccn2)cc1. The van der Waals surface area contributed by atoms with E-state index in [1.807, 2.05) is 47.3 Å². The quantitative estimate of drug-likeness (QED) is 0.429. The third kappa shape index (κ3) is 5.53. The van der Waals surface area contributed by atoms with Gasteiger partial charge in [0.1, 0.15) is 5.75 Å². The zero-order chi connectivity index (χ0) is 21.5. The minimum Gasteiger partial charge on any atom is -0.482 e. The van der Waals surface area contributed by atoms with Crippen LogP contribution < -0.4 is 10.1 Å². The molecule has 0 saturated carbocycles. The van der Waals surface area contributed by atoms with Crippen molar-refractivity contribution in [3.63, 3.8) is 0 Å². The summed E-state index contributed by atoms with van der Waals surface area (Å²) in [6, 6.07) is 25.5. The lowest BCUT2D eigenvalue weighted by atomic mass is 9.98. The van der Waals surface area contributed by atoms with Gasteiger partial charge in [0, 0.05) is 18.9 Å². The second-order valence-corrected chi connectivity index (χ2v) is 7.46. The second kappa shape index (κ2) is 9.96. The zero-order valence-corrected chi connectivity index (χ0v) is 17.6. The van der Waals surface area contributed by atoms with Crippen LogP contribution in [0.5, 0.6) is 5.75 Å². The van der Waals surface area contributed by atoms with E-state index in [2.05, 4.69) is 40.7 Å². The monoisotopic (exact) mass is 431 g/mol. The summed E-state index contributed by atoms with van der Waals surface area (Å²) in [7, 11) is 0. The van der Waals surface area contributed by atoms with Crippen LogP contribution in [0, 0.1) is 0 Å². The summed E-state index contributed by atoms with van der Waals surface area (Å²) in [4.78, 5) is 12.3. The summed E-state index contributed by atoms with van der Waals surface area (Å²) in [6.45, 7) is 1.06. The van der Waals surface area contributed by atoms with E-state index in [4.69, 9.17) is 16.3 Å². The molecule has 0 atom stereocenters. The molecule has 0 saturated heterocycles. The number of halogens is 1. The Kier molecular flexibility index (Phi) is 6.65. The molecule has 0 aliphatic rings. The van der Waals surface area contributed by atoms with Gasteiger partial charge in [-0.05, 0) is 40.5 Å². The fourth-order valence-corrected chi connectivity index (χ4v) is 3.47. The first-order chi connectivity index (χ1) is 15.2. The molecule has 0 spiro atoms. The van der Waals surface area contributed by atoms with Crippen molar-refractivity contribution in [2.45, 2.75) is 13.1 Å². The molecule has 156 valence electrons. The minimum atomic E-state index is -0.204. The number of benzene rings is 3. The van der Waals surface area contributed by atoms with Gasteiger partial charge in [-0.25, -0.2) is 0 Å². The van der Waals surface area contributed by atoms with E-state index in [1.54, 1.807) is 18.3 Å². The third-order valence-corrected chi connectivity index (χ3v) is 5.17. The van der Waals surface area contributed by atoms with Gasteiger partial charge in [0.2, 0.25) is 0 Å². The molecule has 4 rings (SSSR count). The number of nitrogens with zero attached hydrogens (tertiary/aromatic N) is 2. The van der Waals surface area contributed by atoms with E-state index < -0.39 is 0 Å². The molecule has 3 aromatic carbocycles. The lowest BCUT2D eigenvalue weighted by Crippen LogP contribution is -2.28. The molecule has 1 N–H and O–H groups in total. The van der Waals surface area contributed by atoms with Gasteiger partial charge in [0.25, 0.3) is 5.91 Å². The van der Waals surface area contributed by atoms with Crippen molar-refractivity contribution in [1.29, 1.82) is 0 Å². The Balaban J connectivity index is 1.38. The molecule has 0 radical (unpaired) electrons. The molecule has 6 heteroatoms. The fourth-order valence-electron chi connectivity index (χ4n) is 3.28.